The van der Waals surface area contributed by atoms with Crippen molar-refractivity contribution in [1.29, 1.82) is 0 Å². The Hall–Kier alpha value is -0.570. The molecule has 4 fully saturated rings. The number of nitrogens with two attached hydrogens (primary N) is 1. The number of amides is 1. The van der Waals surface area contributed by atoms with Gasteiger partial charge in [0.05, 0.1) is 0 Å². The minimum atomic E-state index is 0.179. The van der Waals surface area contributed by atoms with Gasteiger partial charge in [0, 0.05) is 19.0 Å². The first kappa shape index (κ1) is 11.3. The summed E-state index contributed by atoms with van der Waals surface area (Å²) in [5.74, 6) is 4.24. The molecule has 18 heavy (non-hydrogen) atoms. The lowest BCUT2D eigenvalue weighted by atomic mass is 9.90. The van der Waals surface area contributed by atoms with Crippen LogP contribution in [-0.2, 0) is 4.79 Å². The molecule has 3 heteroatoms. The molecule has 0 aromatic rings. The molecule has 1 amide bonds. The molecule has 3 aliphatic carbocycles. The number of likely N-dealkylation sites (tertiary alicyclic amines) is 1. The van der Waals surface area contributed by atoms with Crippen LogP contribution in [0.4, 0.5) is 0 Å². The van der Waals surface area contributed by atoms with Gasteiger partial charge in [-0.1, -0.05) is 6.92 Å². The molecule has 1 aliphatic heterocycles. The summed E-state index contributed by atoms with van der Waals surface area (Å²) in [4.78, 5) is 14.7. The standard InChI is InChI=1S/C15H24N2O/c1-15(7-16)4-5-17(8-15)14(18)13-11-9-2-3-10(6-9)12(11)13/h9-13H,2-8,16H2,1H3. The van der Waals surface area contributed by atoms with Gasteiger partial charge < -0.3 is 10.6 Å². The lowest BCUT2D eigenvalue weighted by Gasteiger charge is -2.23. The van der Waals surface area contributed by atoms with Crippen molar-refractivity contribution in [3.05, 3.63) is 0 Å². The summed E-state index contributed by atoms with van der Waals surface area (Å²) in [7, 11) is 0. The van der Waals surface area contributed by atoms with E-state index in [9.17, 15) is 4.79 Å². The van der Waals surface area contributed by atoms with Gasteiger partial charge in [0.1, 0.15) is 0 Å². The predicted molar refractivity (Wildman–Crippen MR) is 69.7 cm³/mol. The molecular weight excluding hydrogens is 224 g/mol. The van der Waals surface area contributed by atoms with E-state index in [1.54, 1.807) is 0 Å². The Morgan fingerprint density at radius 1 is 1.33 bits per heavy atom. The minimum absolute atomic E-state index is 0.179. The van der Waals surface area contributed by atoms with Crippen LogP contribution in [-0.4, -0.2) is 30.4 Å². The highest BCUT2D eigenvalue weighted by Gasteiger charge is 2.68. The first-order valence-electron chi connectivity index (χ1n) is 7.62. The Balaban J connectivity index is 1.44. The molecule has 2 bridgehead atoms. The maximum absolute atomic E-state index is 12.6. The third-order valence-corrected chi connectivity index (χ3v) is 6.38. The molecule has 100 valence electrons. The zero-order valence-electron chi connectivity index (χ0n) is 11.3. The third kappa shape index (κ3) is 1.37. The van der Waals surface area contributed by atoms with Crippen LogP contribution in [0.15, 0.2) is 0 Å². The molecule has 4 rings (SSSR count). The summed E-state index contributed by atoms with van der Waals surface area (Å²) >= 11 is 0. The average molecular weight is 248 g/mol. The second-order valence-electron chi connectivity index (χ2n) is 7.54. The van der Waals surface area contributed by atoms with Crippen molar-refractivity contribution < 1.29 is 4.79 Å². The van der Waals surface area contributed by atoms with Gasteiger partial charge in [-0.15, -0.1) is 0 Å². The molecule has 1 heterocycles. The lowest BCUT2D eigenvalue weighted by molar-refractivity contribution is -0.133. The normalized spacial score (nSPS) is 52.8. The maximum atomic E-state index is 12.6. The highest BCUT2D eigenvalue weighted by molar-refractivity contribution is 5.83. The van der Waals surface area contributed by atoms with Gasteiger partial charge in [-0.2, -0.15) is 0 Å². The molecule has 2 N–H and O–H groups in total. The molecule has 0 aromatic heterocycles. The fourth-order valence-corrected chi connectivity index (χ4v) is 5.24. The van der Waals surface area contributed by atoms with Gasteiger partial charge in [0.25, 0.3) is 0 Å². The van der Waals surface area contributed by atoms with Crippen molar-refractivity contribution in [3.63, 3.8) is 0 Å². The summed E-state index contributed by atoms with van der Waals surface area (Å²) in [5.41, 5.74) is 6.01. The zero-order chi connectivity index (χ0) is 12.5. The quantitative estimate of drug-likeness (QED) is 0.804. The fourth-order valence-electron chi connectivity index (χ4n) is 5.24. The van der Waals surface area contributed by atoms with Gasteiger partial charge >= 0.3 is 0 Å². The van der Waals surface area contributed by atoms with E-state index in [2.05, 4.69) is 11.8 Å². The van der Waals surface area contributed by atoms with Crippen LogP contribution in [0.1, 0.15) is 32.6 Å². The van der Waals surface area contributed by atoms with Crippen LogP contribution >= 0.6 is 0 Å². The molecule has 5 unspecified atom stereocenters. The van der Waals surface area contributed by atoms with E-state index < -0.39 is 0 Å². The van der Waals surface area contributed by atoms with Gasteiger partial charge in [0.2, 0.25) is 5.91 Å². The molecule has 0 aromatic carbocycles. The Morgan fingerprint density at radius 3 is 2.56 bits per heavy atom. The number of nitrogens with zero attached hydrogens (tertiary/aromatic N) is 1. The van der Waals surface area contributed by atoms with Crippen molar-refractivity contribution in [3.8, 4) is 0 Å². The Kier molecular flexibility index (Phi) is 2.19. The highest BCUT2D eigenvalue weighted by atomic mass is 16.2. The zero-order valence-corrected chi connectivity index (χ0v) is 11.3. The monoisotopic (exact) mass is 248 g/mol. The molecule has 1 saturated heterocycles. The molecular formula is C15H24N2O. The van der Waals surface area contributed by atoms with Gasteiger partial charge in [0.15, 0.2) is 0 Å². The third-order valence-electron chi connectivity index (χ3n) is 6.38. The smallest absolute Gasteiger partial charge is 0.226 e. The van der Waals surface area contributed by atoms with E-state index in [1.165, 1.54) is 19.3 Å². The Morgan fingerprint density at radius 2 is 2.00 bits per heavy atom. The molecule has 5 atom stereocenters. The SMILES string of the molecule is CC1(CN)CCN(C(=O)C2C3C4CCC(C4)C23)C1. The highest BCUT2D eigenvalue weighted by Crippen LogP contribution is 2.69. The van der Waals surface area contributed by atoms with E-state index in [0.717, 1.165) is 43.2 Å². The summed E-state index contributed by atoms with van der Waals surface area (Å²) in [6.07, 6.45) is 5.32. The summed E-state index contributed by atoms with van der Waals surface area (Å²) in [6, 6.07) is 0. The Bertz CT molecular complexity index is 380. The summed E-state index contributed by atoms with van der Waals surface area (Å²) < 4.78 is 0. The number of rotatable bonds is 2. The van der Waals surface area contributed by atoms with E-state index in [4.69, 9.17) is 5.73 Å². The van der Waals surface area contributed by atoms with E-state index in [0.29, 0.717) is 18.4 Å². The van der Waals surface area contributed by atoms with Crippen LogP contribution in [0.3, 0.4) is 0 Å². The van der Waals surface area contributed by atoms with Crippen LogP contribution in [0.2, 0.25) is 0 Å². The van der Waals surface area contributed by atoms with E-state index in [-0.39, 0.29) is 5.41 Å². The maximum Gasteiger partial charge on any atom is 0.226 e. The molecule has 0 spiro atoms. The topological polar surface area (TPSA) is 46.3 Å². The van der Waals surface area contributed by atoms with E-state index >= 15 is 0 Å². The van der Waals surface area contributed by atoms with Crippen molar-refractivity contribution in [2.24, 2.45) is 40.7 Å². The van der Waals surface area contributed by atoms with Crippen LogP contribution in [0.25, 0.3) is 0 Å². The minimum Gasteiger partial charge on any atom is -0.342 e. The van der Waals surface area contributed by atoms with Crippen LogP contribution in [0.5, 0.6) is 0 Å². The largest absolute Gasteiger partial charge is 0.342 e. The van der Waals surface area contributed by atoms with E-state index in [1.807, 2.05) is 0 Å². The van der Waals surface area contributed by atoms with Gasteiger partial charge in [-0.3, -0.25) is 4.79 Å². The van der Waals surface area contributed by atoms with Crippen molar-refractivity contribution in [2.75, 3.05) is 19.6 Å². The number of hydrogen-bond donors (Lipinski definition) is 1. The lowest BCUT2D eigenvalue weighted by Crippen LogP contribution is -2.36. The van der Waals surface area contributed by atoms with Gasteiger partial charge in [-0.05, 0) is 61.3 Å². The summed E-state index contributed by atoms with van der Waals surface area (Å²) in [5, 5.41) is 0. The average Bonchev–Trinajstić information content (AvgIpc) is 2.72. The molecule has 3 nitrogen and oxygen atoms in total. The fraction of sp³-hybridized carbons (Fsp3) is 0.933. The Labute approximate surface area is 109 Å². The van der Waals surface area contributed by atoms with Crippen molar-refractivity contribution >= 4 is 5.91 Å². The van der Waals surface area contributed by atoms with Crippen molar-refractivity contribution in [1.82, 2.24) is 4.90 Å². The first-order valence-corrected chi connectivity index (χ1v) is 7.62. The van der Waals surface area contributed by atoms with Gasteiger partial charge in [-0.25, -0.2) is 0 Å². The summed E-state index contributed by atoms with van der Waals surface area (Å²) in [6.45, 7) is 4.77. The van der Waals surface area contributed by atoms with Crippen LogP contribution < -0.4 is 5.73 Å². The number of fused-ring (bicyclic) bond motifs is 5. The predicted octanol–water partition coefficient (Wildman–Crippen LogP) is 1.48. The molecule has 4 aliphatic rings. The number of carbonyl (C=O) groups excluding carboxylic acids is 1. The first-order chi connectivity index (χ1) is 8.63. The number of hydrogen-bond acceptors (Lipinski definition) is 2. The molecule has 3 saturated carbocycles. The molecule has 0 radical (unpaired) electrons. The number of carbonyl (C=O) groups is 1. The van der Waals surface area contributed by atoms with Crippen LogP contribution in [0, 0.1) is 35.0 Å². The van der Waals surface area contributed by atoms with Crippen molar-refractivity contribution in [2.45, 2.75) is 32.6 Å². The second kappa shape index (κ2) is 3.50. The second-order valence-corrected chi connectivity index (χ2v) is 7.54.